The summed E-state index contributed by atoms with van der Waals surface area (Å²) in [7, 11) is 1.86. The summed E-state index contributed by atoms with van der Waals surface area (Å²) in [4.78, 5) is 14.1. The van der Waals surface area contributed by atoms with E-state index >= 15 is 0 Å². The Labute approximate surface area is 105 Å². The quantitative estimate of drug-likeness (QED) is 0.632. The number of nitrogens with zero attached hydrogens (tertiary/aromatic N) is 1. The molecule has 0 heterocycles. The van der Waals surface area contributed by atoms with Crippen molar-refractivity contribution >= 4 is 5.91 Å². The number of likely N-dealkylation sites (N-methyl/N-ethyl adjacent to an activating group) is 2. The van der Waals surface area contributed by atoms with Gasteiger partial charge in [0.05, 0.1) is 0 Å². The van der Waals surface area contributed by atoms with Crippen LogP contribution < -0.4 is 11.1 Å². The molecule has 1 aliphatic rings. The van der Waals surface area contributed by atoms with Gasteiger partial charge in [-0.25, -0.2) is 0 Å². The number of amides is 1. The molecule has 4 nitrogen and oxygen atoms in total. The molecule has 1 rings (SSSR count). The molecule has 3 N–H and O–H groups in total. The first-order valence-electron chi connectivity index (χ1n) is 6.81. The maximum Gasteiger partial charge on any atom is 0.239 e. The van der Waals surface area contributed by atoms with Gasteiger partial charge in [-0.15, -0.1) is 0 Å². The van der Waals surface area contributed by atoms with E-state index in [0.29, 0.717) is 5.92 Å². The Balaban J connectivity index is 2.66. The molecule has 1 amide bonds. The van der Waals surface area contributed by atoms with E-state index in [-0.39, 0.29) is 5.91 Å². The van der Waals surface area contributed by atoms with E-state index in [0.717, 1.165) is 32.5 Å². The molecule has 1 aliphatic carbocycles. The third-order valence-corrected chi connectivity index (χ3v) is 3.91. The zero-order chi connectivity index (χ0) is 12.9. The third kappa shape index (κ3) is 3.42. The molecule has 0 aromatic heterocycles. The van der Waals surface area contributed by atoms with Gasteiger partial charge in [-0.1, -0.05) is 20.3 Å². The predicted octanol–water partition coefficient (Wildman–Crippen LogP) is 0.962. The lowest BCUT2D eigenvalue weighted by atomic mass is 9.91. The molecule has 100 valence electrons. The van der Waals surface area contributed by atoms with Gasteiger partial charge in [-0.3, -0.25) is 4.79 Å². The Morgan fingerprint density at radius 1 is 1.47 bits per heavy atom. The van der Waals surface area contributed by atoms with Gasteiger partial charge < -0.3 is 16.0 Å². The topological polar surface area (TPSA) is 58.4 Å². The van der Waals surface area contributed by atoms with Crippen LogP contribution in [0.3, 0.4) is 0 Å². The molecule has 0 aliphatic heterocycles. The highest BCUT2D eigenvalue weighted by molar-refractivity contribution is 5.85. The minimum Gasteiger partial charge on any atom is -0.368 e. The van der Waals surface area contributed by atoms with E-state index in [4.69, 9.17) is 5.73 Å². The maximum atomic E-state index is 11.8. The molecule has 17 heavy (non-hydrogen) atoms. The van der Waals surface area contributed by atoms with Crippen LogP contribution in [-0.2, 0) is 4.79 Å². The van der Waals surface area contributed by atoms with E-state index in [1.807, 2.05) is 7.05 Å². The molecular formula is C13H27N3O. The minimum absolute atomic E-state index is 0.197. The molecular weight excluding hydrogens is 214 g/mol. The molecule has 0 aromatic rings. The molecule has 0 radical (unpaired) electrons. The number of hydrogen-bond acceptors (Lipinski definition) is 3. The standard InChI is InChI=1S/C13H27N3O/c1-4-6-9-16(5-2)10-13(15-3,12(14)17)11-7-8-11/h11,15H,4-10H2,1-3H3,(H2,14,17). The van der Waals surface area contributed by atoms with Crippen LogP contribution >= 0.6 is 0 Å². The summed E-state index contributed by atoms with van der Waals surface area (Å²) >= 11 is 0. The van der Waals surface area contributed by atoms with Crippen molar-refractivity contribution in [3.63, 3.8) is 0 Å². The highest BCUT2D eigenvalue weighted by Gasteiger charge is 2.49. The largest absolute Gasteiger partial charge is 0.368 e. The monoisotopic (exact) mass is 241 g/mol. The fourth-order valence-corrected chi connectivity index (χ4v) is 2.47. The van der Waals surface area contributed by atoms with Crippen LogP contribution in [0.15, 0.2) is 0 Å². The average Bonchev–Trinajstić information content (AvgIpc) is 3.14. The van der Waals surface area contributed by atoms with Gasteiger partial charge in [0.2, 0.25) is 5.91 Å². The van der Waals surface area contributed by atoms with Gasteiger partial charge in [0.1, 0.15) is 5.54 Å². The smallest absolute Gasteiger partial charge is 0.239 e. The summed E-state index contributed by atoms with van der Waals surface area (Å²) in [6.45, 7) is 7.11. The first-order valence-corrected chi connectivity index (χ1v) is 6.81. The lowest BCUT2D eigenvalue weighted by Gasteiger charge is -2.35. The minimum atomic E-state index is -0.510. The molecule has 1 atom stereocenters. The van der Waals surface area contributed by atoms with E-state index < -0.39 is 5.54 Å². The lowest BCUT2D eigenvalue weighted by molar-refractivity contribution is -0.126. The first-order chi connectivity index (χ1) is 8.10. The van der Waals surface area contributed by atoms with Gasteiger partial charge in [0.15, 0.2) is 0 Å². The van der Waals surface area contributed by atoms with Crippen molar-refractivity contribution < 1.29 is 4.79 Å². The molecule has 0 spiro atoms. The van der Waals surface area contributed by atoms with Crippen LogP contribution in [0.5, 0.6) is 0 Å². The Kier molecular flexibility index (Phi) is 5.40. The molecule has 0 saturated heterocycles. The van der Waals surface area contributed by atoms with Crippen molar-refractivity contribution in [2.75, 3.05) is 26.7 Å². The van der Waals surface area contributed by atoms with Crippen molar-refractivity contribution in [2.24, 2.45) is 11.7 Å². The van der Waals surface area contributed by atoms with Crippen LogP contribution in [0.4, 0.5) is 0 Å². The third-order valence-electron chi connectivity index (χ3n) is 3.91. The summed E-state index contributed by atoms with van der Waals surface area (Å²) in [6.07, 6.45) is 4.60. The molecule has 0 aromatic carbocycles. The van der Waals surface area contributed by atoms with Crippen LogP contribution in [0.2, 0.25) is 0 Å². The van der Waals surface area contributed by atoms with Crippen LogP contribution in [-0.4, -0.2) is 43.0 Å². The highest BCUT2D eigenvalue weighted by atomic mass is 16.1. The molecule has 1 fully saturated rings. The number of nitrogens with two attached hydrogens (primary N) is 1. The second-order valence-electron chi connectivity index (χ2n) is 5.08. The molecule has 1 saturated carbocycles. The Morgan fingerprint density at radius 3 is 2.47 bits per heavy atom. The SMILES string of the molecule is CCCCN(CC)CC(NC)(C(N)=O)C1CC1. The fraction of sp³-hybridized carbons (Fsp3) is 0.923. The Hall–Kier alpha value is -0.610. The average molecular weight is 241 g/mol. The van der Waals surface area contributed by atoms with Crippen molar-refractivity contribution in [2.45, 2.75) is 45.1 Å². The highest BCUT2D eigenvalue weighted by Crippen LogP contribution is 2.40. The number of rotatable bonds is 9. The van der Waals surface area contributed by atoms with Crippen LogP contribution in [0.25, 0.3) is 0 Å². The molecule has 0 bridgehead atoms. The summed E-state index contributed by atoms with van der Waals surface area (Å²) in [5, 5.41) is 3.20. The summed E-state index contributed by atoms with van der Waals surface area (Å²) in [5.41, 5.74) is 5.12. The van der Waals surface area contributed by atoms with Gasteiger partial charge in [0, 0.05) is 6.54 Å². The van der Waals surface area contributed by atoms with Crippen molar-refractivity contribution in [1.82, 2.24) is 10.2 Å². The Bertz CT molecular complexity index is 253. The number of hydrogen-bond donors (Lipinski definition) is 2. The second-order valence-corrected chi connectivity index (χ2v) is 5.08. The van der Waals surface area contributed by atoms with Gasteiger partial charge in [0.25, 0.3) is 0 Å². The molecule has 4 heteroatoms. The lowest BCUT2D eigenvalue weighted by Crippen LogP contribution is -2.62. The van der Waals surface area contributed by atoms with E-state index in [1.165, 1.54) is 12.8 Å². The van der Waals surface area contributed by atoms with E-state index in [9.17, 15) is 4.79 Å². The zero-order valence-electron chi connectivity index (χ0n) is 11.5. The van der Waals surface area contributed by atoms with Crippen LogP contribution in [0.1, 0.15) is 39.5 Å². The second kappa shape index (κ2) is 6.36. The fourth-order valence-electron chi connectivity index (χ4n) is 2.47. The number of primary amides is 1. The maximum absolute atomic E-state index is 11.8. The number of nitrogens with one attached hydrogen (secondary N) is 1. The number of carbonyl (C=O) groups excluding carboxylic acids is 1. The van der Waals surface area contributed by atoms with Gasteiger partial charge in [-0.2, -0.15) is 0 Å². The van der Waals surface area contributed by atoms with E-state index in [2.05, 4.69) is 24.1 Å². The van der Waals surface area contributed by atoms with E-state index in [1.54, 1.807) is 0 Å². The van der Waals surface area contributed by atoms with Gasteiger partial charge >= 0.3 is 0 Å². The number of carbonyl (C=O) groups is 1. The summed E-state index contributed by atoms with van der Waals surface area (Å²) in [5.74, 6) is 0.234. The predicted molar refractivity (Wildman–Crippen MR) is 70.7 cm³/mol. The summed E-state index contributed by atoms with van der Waals surface area (Å²) < 4.78 is 0. The molecule has 1 unspecified atom stereocenters. The van der Waals surface area contributed by atoms with Crippen molar-refractivity contribution in [1.29, 1.82) is 0 Å². The van der Waals surface area contributed by atoms with Gasteiger partial charge in [-0.05, 0) is 45.3 Å². The number of unbranched alkanes of at least 4 members (excludes halogenated alkanes) is 1. The van der Waals surface area contributed by atoms with Crippen molar-refractivity contribution in [3.8, 4) is 0 Å². The van der Waals surface area contributed by atoms with Crippen LogP contribution in [0, 0.1) is 5.92 Å². The summed E-state index contributed by atoms with van der Waals surface area (Å²) in [6, 6.07) is 0. The first kappa shape index (κ1) is 14.5. The van der Waals surface area contributed by atoms with Crippen molar-refractivity contribution in [3.05, 3.63) is 0 Å². The Morgan fingerprint density at radius 2 is 2.12 bits per heavy atom. The zero-order valence-corrected chi connectivity index (χ0v) is 11.5. The normalized spacial score (nSPS) is 19.3.